The van der Waals surface area contributed by atoms with Crippen LogP contribution in [-0.4, -0.2) is 28.6 Å². The van der Waals surface area contributed by atoms with Crippen molar-refractivity contribution in [1.82, 2.24) is 4.57 Å². The van der Waals surface area contributed by atoms with Crippen molar-refractivity contribution in [3.8, 4) is 6.07 Å². The number of rotatable bonds is 5. The van der Waals surface area contributed by atoms with Gasteiger partial charge in [0.1, 0.15) is 15.3 Å². The van der Waals surface area contributed by atoms with Crippen LogP contribution in [0.5, 0.6) is 0 Å². The smallest absolute Gasteiger partial charge is 0.349 e. The van der Waals surface area contributed by atoms with Crippen LogP contribution in [0.15, 0.2) is 29.1 Å². The van der Waals surface area contributed by atoms with E-state index in [0.29, 0.717) is 11.4 Å². The van der Waals surface area contributed by atoms with Crippen molar-refractivity contribution in [2.75, 3.05) is 17.3 Å². The highest BCUT2D eigenvalue weighted by Gasteiger charge is 2.25. The van der Waals surface area contributed by atoms with Crippen LogP contribution in [0.1, 0.15) is 27.7 Å². The summed E-state index contributed by atoms with van der Waals surface area (Å²) in [5.74, 6) is -1.41. The quantitative estimate of drug-likeness (QED) is 0.747. The van der Waals surface area contributed by atoms with E-state index in [-0.39, 0.29) is 27.2 Å². The average molecular weight is 429 g/mol. The van der Waals surface area contributed by atoms with Crippen LogP contribution >= 0.6 is 11.3 Å². The lowest BCUT2D eigenvalue weighted by Crippen LogP contribution is -2.36. The minimum absolute atomic E-state index is 0.0365. The number of nitriles is 1. The van der Waals surface area contributed by atoms with Crippen LogP contribution in [0.25, 0.3) is 11.8 Å². The Morgan fingerprint density at radius 2 is 2.03 bits per heavy atom. The third kappa shape index (κ3) is 4.78. The van der Waals surface area contributed by atoms with Crippen molar-refractivity contribution in [2.45, 2.75) is 34.2 Å². The highest BCUT2D eigenvalue weighted by Crippen LogP contribution is 2.24. The summed E-state index contributed by atoms with van der Waals surface area (Å²) in [4.78, 5) is 38.0. The molecular formula is C21H24N4O4S. The third-order valence-electron chi connectivity index (χ3n) is 4.31. The number of carboxylic acids is 1. The molecule has 0 radical (unpaired) electrons. The number of nitrogens with zero attached hydrogens (tertiary/aromatic N) is 3. The Hall–Kier alpha value is -3.38. The molecule has 0 aliphatic heterocycles. The molecule has 0 saturated carbocycles. The van der Waals surface area contributed by atoms with Gasteiger partial charge in [-0.3, -0.25) is 14.2 Å². The molecule has 158 valence electrons. The maximum Gasteiger partial charge on any atom is 0.349 e. The molecular weight excluding hydrogens is 404 g/mol. The molecule has 8 nitrogen and oxygen atoms in total. The van der Waals surface area contributed by atoms with Gasteiger partial charge in [0.15, 0.2) is 5.57 Å². The number of carbonyl (C=O) groups excluding carboxylic acids is 1. The highest BCUT2D eigenvalue weighted by molar-refractivity contribution is 7.07. The second-order valence-electron chi connectivity index (χ2n) is 7.57. The van der Waals surface area contributed by atoms with E-state index in [1.165, 1.54) is 10.8 Å². The van der Waals surface area contributed by atoms with E-state index in [2.05, 4.69) is 5.32 Å². The van der Waals surface area contributed by atoms with Crippen LogP contribution < -0.4 is 25.0 Å². The van der Waals surface area contributed by atoms with Crippen molar-refractivity contribution in [1.29, 1.82) is 5.26 Å². The summed E-state index contributed by atoms with van der Waals surface area (Å²) in [6, 6.07) is 8.80. The second-order valence-corrected chi connectivity index (χ2v) is 8.60. The Morgan fingerprint density at radius 3 is 2.57 bits per heavy atom. The van der Waals surface area contributed by atoms with Gasteiger partial charge in [-0.2, -0.15) is 5.26 Å². The molecule has 1 aromatic carbocycles. The molecule has 2 rings (SSSR count). The predicted octanol–water partition coefficient (Wildman–Crippen LogP) is 1.55. The molecule has 0 fully saturated rings. The summed E-state index contributed by atoms with van der Waals surface area (Å²) in [5.41, 5.74) is -0.0291. The molecule has 9 heteroatoms. The number of carbonyl (C=O) groups is 2. The second kappa shape index (κ2) is 8.97. The predicted molar refractivity (Wildman–Crippen MR) is 118 cm³/mol. The largest absolute Gasteiger partial charge is 0.477 e. The minimum Gasteiger partial charge on any atom is -0.477 e. The van der Waals surface area contributed by atoms with Gasteiger partial charge in [0.2, 0.25) is 5.91 Å². The van der Waals surface area contributed by atoms with Crippen molar-refractivity contribution >= 4 is 46.4 Å². The zero-order valence-corrected chi connectivity index (χ0v) is 18.3. The summed E-state index contributed by atoms with van der Waals surface area (Å²) >= 11 is 0.937. The average Bonchev–Trinajstić information content (AvgIpc) is 3.00. The topological polar surface area (TPSA) is 115 Å². The standard InChI is InChI=1S/C21H24N4O4S/c1-6-25-17(26)16(30-18(25)15(11-22)19(27)28)12-23-13-8-7-9-14(10-13)24(5)20(29)21(2,3)4/h7-10,12,23H,6H2,1-5H3,(H,27,28). The normalized spacial score (nSPS) is 12.9. The zero-order valence-electron chi connectivity index (χ0n) is 17.5. The van der Waals surface area contributed by atoms with E-state index in [1.807, 2.05) is 26.8 Å². The molecule has 1 aromatic heterocycles. The van der Waals surface area contributed by atoms with Gasteiger partial charge in [-0.1, -0.05) is 26.8 Å². The Labute approximate surface area is 178 Å². The third-order valence-corrected chi connectivity index (χ3v) is 5.44. The van der Waals surface area contributed by atoms with E-state index in [0.717, 1.165) is 11.3 Å². The Balaban J connectivity index is 2.46. The maximum atomic E-state index is 12.6. The number of hydrogen-bond acceptors (Lipinski definition) is 6. The summed E-state index contributed by atoms with van der Waals surface area (Å²) in [6.45, 7) is 7.48. The first-order valence-electron chi connectivity index (χ1n) is 9.23. The van der Waals surface area contributed by atoms with Gasteiger partial charge in [0.25, 0.3) is 5.56 Å². The number of nitrogens with one attached hydrogen (secondary N) is 1. The van der Waals surface area contributed by atoms with Crippen LogP contribution in [0.2, 0.25) is 0 Å². The van der Waals surface area contributed by atoms with Crippen molar-refractivity contribution in [2.24, 2.45) is 5.41 Å². The first-order chi connectivity index (χ1) is 14.0. The van der Waals surface area contributed by atoms with E-state index >= 15 is 0 Å². The van der Waals surface area contributed by atoms with Gasteiger partial charge >= 0.3 is 5.97 Å². The molecule has 0 aliphatic rings. The van der Waals surface area contributed by atoms with Crippen molar-refractivity contribution in [3.63, 3.8) is 0 Å². The van der Waals surface area contributed by atoms with Crippen molar-refractivity contribution in [3.05, 3.63) is 43.8 Å². The number of carboxylic acid groups (broad SMARTS) is 1. The molecule has 1 amide bonds. The number of aliphatic carboxylic acids is 1. The van der Waals surface area contributed by atoms with Gasteiger partial charge in [-0.05, 0) is 25.1 Å². The van der Waals surface area contributed by atoms with Crippen LogP contribution in [-0.2, 0) is 16.1 Å². The molecule has 2 aromatic rings. The fourth-order valence-corrected chi connectivity index (χ4v) is 3.83. The molecule has 0 bridgehead atoms. The number of thiazole rings is 1. The maximum absolute atomic E-state index is 12.6. The SMILES string of the molecule is CCn1c(=C(C#N)C(=O)O)sc(=CNc2cccc(N(C)C(=O)C(C)(C)C)c2)c1=O. The number of anilines is 2. The fraction of sp³-hybridized carbons (Fsp3) is 0.333. The summed E-state index contributed by atoms with van der Waals surface area (Å²) in [7, 11) is 1.70. The number of aromatic nitrogens is 1. The lowest BCUT2D eigenvalue weighted by atomic mass is 9.94. The molecule has 1 heterocycles. The van der Waals surface area contributed by atoms with Crippen LogP contribution in [0, 0.1) is 16.7 Å². The summed E-state index contributed by atoms with van der Waals surface area (Å²) in [6.07, 6.45) is 1.48. The van der Waals surface area contributed by atoms with E-state index < -0.39 is 17.0 Å². The van der Waals surface area contributed by atoms with Gasteiger partial charge in [0.05, 0.1) is 0 Å². The number of hydrogen-bond donors (Lipinski definition) is 2. The molecule has 0 atom stereocenters. The van der Waals surface area contributed by atoms with Crippen molar-refractivity contribution < 1.29 is 14.7 Å². The fourth-order valence-electron chi connectivity index (χ4n) is 2.75. The first-order valence-corrected chi connectivity index (χ1v) is 10.0. The minimum atomic E-state index is -1.38. The number of benzene rings is 1. The lowest BCUT2D eigenvalue weighted by Gasteiger charge is -2.26. The Kier molecular flexibility index (Phi) is 6.84. The molecule has 2 N–H and O–H groups in total. The monoisotopic (exact) mass is 428 g/mol. The van der Waals surface area contributed by atoms with E-state index in [1.54, 1.807) is 43.1 Å². The van der Waals surface area contributed by atoms with Gasteiger partial charge in [-0.25, -0.2) is 4.79 Å². The van der Waals surface area contributed by atoms with E-state index in [4.69, 9.17) is 5.26 Å². The zero-order chi connectivity index (χ0) is 22.6. The lowest BCUT2D eigenvalue weighted by molar-refractivity contribution is -0.130. The highest BCUT2D eigenvalue weighted by atomic mass is 32.1. The molecule has 0 aliphatic carbocycles. The van der Waals surface area contributed by atoms with E-state index in [9.17, 15) is 19.5 Å². The molecule has 0 spiro atoms. The van der Waals surface area contributed by atoms with Gasteiger partial charge in [0, 0.05) is 36.6 Å². The summed E-state index contributed by atoms with van der Waals surface area (Å²) in [5, 5.41) is 21.4. The van der Waals surface area contributed by atoms with Gasteiger partial charge in [-0.15, -0.1) is 11.3 Å². The Morgan fingerprint density at radius 1 is 1.37 bits per heavy atom. The summed E-state index contributed by atoms with van der Waals surface area (Å²) < 4.78 is 1.64. The molecule has 30 heavy (non-hydrogen) atoms. The number of amides is 1. The molecule has 0 saturated heterocycles. The Bertz CT molecular complexity index is 1200. The van der Waals surface area contributed by atoms with Gasteiger partial charge < -0.3 is 15.3 Å². The molecule has 0 unspecified atom stereocenters. The van der Waals surface area contributed by atoms with Crippen LogP contribution in [0.3, 0.4) is 0 Å². The van der Waals surface area contributed by atoms with Crippen LogP contribution in [0.4, 0.5) is 11.4 Å². The first kappa shape index (κ1) is 22.9.